The van der Waals surface area contributed by atoms with Crippen molar-refractivity contribution in [2.45, 2.75) is 112 Å². The van der Waals surface area contributed by atoms with Gasteiger partial charge in [0.2, 0.25) is 0 Å². The van der Waals surface area contributed by atoms with Crippen LogP contribution < -0.4 is 0 Å². The smallest absolute Gasteiger partial charge is 0.196 e. The molecule has 0 amide bonds. The zero-order chi connectivity index (χ0) is 23.9. The van der Waals surface area contributed by atoms with Gasteiger partial charge in [0, 0.05) is 0 Å². The van der Waals surface area contributed by atoms with Crippen molar-refractivity contribution in [2.75, 3.05) is 20.3 Å². The molecule has 2 fully saturated rings. The minimum absolute atomic E-state index is 0.0462. The van der Waals surface area contributed by atoms with Crippen LogP contribution in [0, 0.1) is 17.8 Å². The minimum Gasteiger partial charge on any atom is -0.498 e. The van der Waals surface area contributed by atoms with Crippen LogP contribution in [0.5, 0.6) is 0 Å². The molecule has 0 aromatic carbocycles. The Morgan fingerprint density at radius 2 is 1.53 bits per heavy atom. The van der Waals surface area contributed by atoms with Gasteiger partial charge in [-0.1, -0.05) is 66.2 Å². The van der Waals surface area contributed by atoms with Gasteiger partial charge in [-0.25, -0.2) is 8.78 Å². The van der Waals surface area contributed by atoms with Crippen LogP contribution in [0.2, 0.25) is 0 Å². The maximum Gasteiger partial charge on any atom is 0.196 e. The maximum absolute atomic E-state index is 14.3. The van der Waals surface area contributed by atoms with Crippen LogP contribution >= 0.6 is 0 Å². The number of rotatable bonds is 10. The number of hydrogen-bond acceptors (Lipinski definition) is 3. The van der Waals surface area contributed by atoms with Crippen molar-refractivity contribution in [3.05, 3.63) is 23.0 Å². The van der Waals surface area contributed by atoms with Gasteiger partial charge in [-0.15, -0.1) is 0 Å². The first-order chi connectivity index (χ1) is 15.4. The van der Waals surface area contributed by atoms with Crippen LogP contribution in [0.15, 0.2) is 23.0 Å². The molecule has 0 radical (unpaired) electrons. The quantitative estimate of drug-likeness (QED) is 0.242. The molecule has 1 heterocycles. The molecule has 3 nitrogen and oxygen atoms in total. The van der Waals surface area contributed by atoms with Gasteiger partial charge < -0.3 is 14.2 Å². The molecule has 2 aliphatic rings. The fourth-order valence-corrected chi connectivity index (χ4v) is 4.61. The Labute approximate surface area is 196 Å². The van der Waals surface area contributed by atoms with Crippen LogP contribution in [-0.4, -0.2) is 26.6 Å². The van der Waals surface area contributed by atoms with Crippen molar-refractivity contribution in [3.63, 3.8) is 0 Å². The van der Waals surface area contributed by atoms with E-state index in [0.717, 1.165) is 31.3 Å². The molecule has 0 aromatic rings. The van der Waals surface area contributed by atoms with Gasteiger partial charge in [-0.05, 0) is 62.4 Å². The lowest BCUT2D eigenvalue weighted by atomic mass is 9.73. The molecule has 0 N–H and O–H groups in total. The fourth-order valence-electron chi connectivity index (χ4n) is 4.61. The normalized spacial score (nSPS) is 27.6. The Morgan fingerprint density at radius 3 is 2.03 bits per heavy atom. The number of methoxy groups -OCH3 is 1. The number of allylic oxidation sites excluding steroid dienone is 3. The third-order valence-corrected chi connectivity index (χ3v) is 6.78. The summed E-state index contributed by atoms with van der Waals surface area (Å²) in [4.78, 5) is 0. The fraction of sp³-hybridized carbons (Fsp3) is 0.852. The predicted octanol–water partition coefficient (Wildman–Crippen LogP) is 8.65. The van der Waals surface area contributed by atoms with Gasteiger partial charge in [-0.2, -0.15) is 0 Å². The third-order valence-electron chi connectivity index (χ3n) is 6.78. The SMILES string of the molecule is CCC.CCCCC1CCC(C2CCC(OC/C(CC)=C(F)/C(F)=C(\C)OC)OC2)CC1. The average molecular weight is 459 g/mol. The zero-order valence-electron chi connectivity index (χ0n) is 21.5. The first kappa shape index (κ1) is 29.1. The zero-order valence-corrected chi connectivity index (χ0v) is 21.5. The maximum atomic E-state index is 14.3. The number of hydrogen-bond donors (Lipinski definition) is 0. The van der Waals surface area contributed by atoms with Gasteiger partial charge in [0.05, 0.1) is 20.3 Å². The summed E-state index contributed by atoms with van der Waals surface area (Å²) in [5.74, 6) is 0.428. The summed E-state index contributed by atoms with van der Waals surface area (Å²) in [7, 11) is 1.33. The first-order valence-corrected chi connectivity index (χ1v) is 12.9. The van der Waals surface area contributed by atoms with Crippen molar-refractivity contribution in [1.82, 2.24) is 0 Å². The third kappa shape index (κ3) is 9.91. The summed E-state index contributed by atoms with van der Waals surface area (Å²) in [5, 5.41) is 0. The summed E-state index contributed by atoms with van der Waals surface area (Å²) in [6, 6.07) is 0. The van der Waals surface area contributed by atoms with E-state index in [2.05, 4.69) is 20.8 Å². The summed E-state index contributed by atoms with van der Waals surface area (Å²) in [5.41, 5.74) is 0.301. The standard InChI is InChI=1S/C24H40F2O3.C3H8/c1-5-7-8-18-9-11-20(12-10-18)21-13-14-22(29-16-21)28-15-19(6-2)24(26)23(25)17(3)27-4;1-3-2/h18,20-22H,5-16H2,1-4H3;3H2,1-2H3/b23-17-,24-19-;. The van der Waals surface area contributed by atoms with Crippen molar-refractivity contribution in [3.8, 4) is 0 Å². The number of halogens is 2. The van der Waals surface area contributed by atoms with Crippen molar-refractivity contribution in [2.24, 2.45) is 17.8 Å². The average Bonchev–Trinajstić information content (AvgIpc) is 2.83. The highest BCUT2D eigenvalue weighted by atomic mass is 19.2. The molecular formula is C27H48F2O3. The molecule has 188 valence electrons. The Morgan fingerprint density at radius 1 is 0.906 bits per heavy atom. The largest absolute Gasteiger partial charge is 0.498 e. The van der Waals surface area contributed by atoms with E-state index < -0.39 is 11.7 Å². The molecule has 1 saturated heterocycles. The predicted molar refractivity (Wildman–Crippen MR) is 129 cm³/mol. The monoisotopic (exact) mass is 458 g/mol. The lowest BCUT2D eigenvalue weighted by Crippen LogP contribution is -2.34. The van der Waals surface area contributed by atoms with Gasteiger partial charge >= 0.3 is 0 Å². The summed E-state index contributed by atoms with van der Waals surface area (Å²) < 4.78 is 44.8. The second-order valence-corrected chi connectivity index (χ2v) is 9.39. The van der Waals surface area contributed by atoms with Gasteiger partial charge in [0.25, 0.3) is 0 Å². The molecule has 0 spiro atoms. The molecule has 0 bridgehead atoms. The highest BCUT2D eigenvalue weighted by Crippen LogP contribution is 2.39. The molecule has 2 rings (SSSR count). The van der Waals surface area contributed by atoms with Crippen molar-refractivity contribution in [1.29, 1.82) is 0 Å². The number of unbranched alkanes of at least 4 members (excludes halogenated alkanes) is 1. The van der Waals surface area contributed by atoms with Crippen LogP contribution in [0.1, 0.15) is 105 Å². The van der Waals surface area contributed by atoms with E-state index in [1.165, 1.54) is 65.4 Å². The topological polar surface area (TPSA) is 27.7 Å². The van der Waals surface area contributed by atoms with E-state index in [9.17, 15) is 8.78 Å². The molecule has 1 saturated carbocycles. The van der Waals surface area contributed by atoms with Crippen LogP contribution in [0.25, 0.3) is 0 Å². The number of ether oxygens (including phenoxy) is 3. The molecule has 2 unspecified atom stereocenters. The molecule has 2 atom stereocenters. The lowest BCUT2D eigenvalue weighted by molar-refractivity contribution is -0.177. The second-order valence-electron chi connectivity index (χ2n) is 9.39. The summed E-state index contributed by atoms with van der Waals surface area (Å²) in [6.45, 7) is 10.5. The molecule has 5 heteroatoms. The van der Waals surface area contributed by atoms with Crippen LogP contribution in [0.4, 0.5) is 8.78 Å². The van der Waals surface area contributed by atoms with E-state index in [4.69, 9.17) is 14.2 Å². The van der Waals surface area contributed by atoms with Crippen LogP contribution in [-0.2, 0) is 14.2 Å². The minimum atomic E-state index is -0.952. The Hall–Kier alpha value is -0.940. The van der Waals surface area contributed by atoms with E-state index in [0.29, 0.717) is 17.9 Å². The highest BCUT2D eigenvalue weighted by molar-refractivity contribution is 5.27. The second kappa shape index (κ2) is 16.6. The van der Waals surface area contributed by atoms with Gasteiger partial charge in [0.15, 0.2) is 17.9 Å². The summed E-state index contributed by atoms with van der Waals surface area (Å²) >= 11 is 0. The van der Waals surface area contributed by atoms with E-state index in [-0.39, 0.29) is 18.7 Å². The van der Waals surface area contributed by atoms with Crippen molar-refractivity contribution < 1.29 is 23.0 Å². The van der Waals surface area contributed by atoms with Crippen LogP contribution in [0.3, 0.4) is 0 Å². The first-order valence-electron chi connectivity index (χ1n) is 12.9. The van der Waals surface area contributed by atoms with Crippen molar-refractivity contribution >= 4 is 0 Å². The van der Waals surface area contributed by atoms with E-state index in [1.54, 1.807) is 6.92 Å². The van der Waals surface area contributed by atoms with Gasteiger partial charge in [-0.3, -0.25) is 0 Å². The molecule has 1 aliphatic heterocycles. The Bertz CT molecular complexity index is 557. The molecular weight excluding hydrogens is 410 g/mol. The van der Waals surface area contributed by atoms with E-state index in [1.807, 2.05) is 0 Å². The molecule has 0 aromatic heterocycles. The molecule has 1 aliphatic carbocycles. The Balaban J connectivity index is 0.00000161. The van der Waals surface area contributed by atoms with E-state index >= 15 is 0 Å². The highest BCUT2D eigenvalue weighted by Gasteiger charge is 2.31. The lowest BCUT2D eigenvalue weighted by Gasteiger charge is -2.37. The summed E-state index contributed by atoms with van der Waals surface area (Å²) in [6.07, 6.45) is 12.7. The Kier molecular flexibility index (Phi) is 15.1. The van der Waals surface area contributed by atoms with Gasteiger partial charge in [0.1, 0.15) is 5.76 Å². The molecule has 32 heavy (non-hydrogen) atoms.